The van der Waals surface area contributed by atoms with Gasteiger partial charge in [0.2, 0.25) is 0 Å². The van der Waals surface area contributed by atoms with Crippen molar-refractivity contribution in [1.82, 2.24) is 20.2 Å². The van der Waals surface area contributed by atoms with Crippen molar-refractivity contribution < 1.29 is 9.53 Å². The number of amides is 1. The lowest BCUT2D eigenvalue weighted by molar-refractivity contribution is 0.0897. The van der Waals surface area contributed by atoms with Gasteiger partial charge in [0.15, 0.2) is 5.69 Å². The first-order valence-corrected chi connectivity index (χ1v) is 14.9. The van der Waals surface area contributed by atoms with Gasteiger partial charge in [-0.25, -0.2) is 0 Å². The minimum absolute atomic E-state index is 0.139. The maximum Gasteiger partial charge on any atom is 0.281 e. The number of ether oxygens (including phenoxy) is 1. The molecule has 8 nitrogen and oxygen atoms in total. The number of pyridine rings is 2. The molecule has 0 spiro atoms. The monoisotopic (exact) mass is 474 g/mol. The van der Waals surface area contributed by atoms with Gasteiger partial charge in [0.25, 0.3) is 5.91 Å². The third-order valence-corrected chi connectivity index (χ3v) is 7.47. The molecule has 3 aromatic heterocycles. The van der Waals surface area contributed by atoms with Crippen molar-refractivity contribution in [3.05, 3.63) is 66.4 Å². The number of fused-ring (bicyclic) bond motifs is 1. The molecule has 9 heteroatoms. The zero-order chi connectivity index (χ0) is 24.3. The van der Waals surface area contributed by atoms with Crippen molar-refractivity contribution in [3.63, 3.8) is 0 Å². The molecule has 0 atom stereocenters. The van der Waals surface area contributed by atoms with Gasteiger partial charge >= 0.3 is 0 Å². The van der Waals surface area contributed by atoms with E-state index in [0.29, 0.717) is 23.7 Å². The fraction of sp³-hybridized carbons (Fsp3) is 0.280. The first-order valence-electron chi connectivity index (χ1n) is 11.2. The molecule has 0 saturated heterocycles. The highest BCUT2D eigenvalue weighted by molar-refractivity contribution is 6.76. The molecule has 3 heterocycles. The standard InChI is InChI=1S/C25H30N6O2Si/c1-17-21(14-28-15-22(17)26)18-5-6-23-20(13-18)24(30-29-23)25(32)31(19-7-9-27-10-8-19)16-33-11-12-34(2,3)4/h5-10,13-15H,11-12,16,26H2,1-4H3,(H,29,30). The summed E-state index contributed by atoms with van der Waals surface area (Å²) in [6, 6.07) is 10.4. The number of H-pyrrole nitrogens is 1. The van der Waals surface area contributed by atoms with E-state index in [-0.39, 0.29) is 12.6 Å². The van der Waals surface area contributed by atoms with Crippen molar-refractivity contribution in [2.45, 2.75) is 32.6 Å². The third kappa shape index (κ3) is 5.16. The van der Waals surface area contributed by atoms with Crippen LogP contribution in [0, 0.1) is 6.92 Å². The highest BCUT2D eigenvalue weighted by Gasteiger charge is 2.24. The van der Waals surface area contributed by atoms with Crippen LogP contribution in [0.15, 0.2) is 55.1 Å². The second kappa shape index (κ2) is 9.74. The fourth-order valence-corrected chi connectivity index (χ4v) is 4.37. The molecule has 1 amide bonds. The van der Waals surface area contributed by atoms with E-state index in [0.717, 1.165) is 33.6 Å². The van der Waals surface area contributed by atoms with E-state index in [1.165, 1.54) is 0 Å². The van der Waals surface area contributed by atoms with Crippen LogP contribution < -0.4 is 10.6 Å². The number of hydrogen-bond donors (Lipinski definition) is 2. The lowest BCUT2D eigenvalue weighted by Crippen LogP contribution is -2.34. The van der Waals surface area contributed by atoms with Crippen molar-refractivity contribution in [2.75, 3.05) is 24.0 Å². The van der Waals surface area contributed by atoms with Gasteiger partial charge in [-0.15, -0.1) is 0 Å². The lowest BCUT2D eigenvalue weighted by Gasteiger charge is -2.23. The Kier molecular flexibility index (Phi) is 6.76. The Morgan fingerprint density at radius 3 is 2.62 bits per heavy atom. The van der Waals surface area contributed by atoms with Gasteiger partial charge in [0, 0.05) is 49.9 Å². The highest BCUT2D eigenvalue weighted by atomic mass is 28.3. The van der Waals surface area contributed by atoms with Gasteiger partial charge in [-0.05, 0) is 48.4 Å². The Bertz CT molecular complexity index is 1300. The minimum Gasteiger partial charge on any atom is -0.397 e. The van der Waals surface area contributed by atoms with E-state index < -0.39 is 8.07 Å². The van der Waals surface area contributed by atoms with Crippen LogP contribution in [0.25, 0.3) is 22.0 Å². The summed E-state index contributed by atoms with van der Waals surface area (Å²) in [6.45, 7) is 9.60. The molecule has 3 N–H and O–H groups in total. The number of carbonyl (C=O) groups is 1. The molecule has 4 aromatic rings. The quantitative estimate of drug-likeness (QED) is 0.214. The summed E-state index contributed by atoms with van der Waals surface area (Å²) in [6.07, 6.45) is 6.74. The molecule has 1 aromatic carbocycles. The van der Waals surface area contributed by atoms with Crippen LogP contribution in [-0.2, 0) is 4.74 Å². The van der Waals surface area contributed by atoms with Gasteiger partial charge < -0.3 is 10.5 Å². The number of aromatic nitrogens is 4. The van der Waals surface area contributed by atoms with Gasteiger partial charge in [0.1, 0.15) is 6.73 Å². The van der Waals surface area contributed by atoms with Gasteiger partial charge in [0.05, 0.1) is 17.4 Å². The topological polar surface area (TPSA) is 110 Å². The summed E-state index contributed by atoms with van der Waals surface area (Å²) >= 11 is 0. The van der Waals surface area contributed by atoms with E-state index in [4.69, 9.17) is 10.5 Å². The minimum atomic E-state index is -1.24. The molecular weight excluding hydrogens is 444 g/mol. The second-order valence-corrected chi connectivity index (χ2v) is 15.1. The molecule has 176 valence electrons. The number of nitrogen functional groups attached to an aromatic ring is 1. The van der Waals surface area contributed by atoms with Crippen LogP contribution in [0.2, 0.25) is 25.7 Å². The molecule has 0 radical (unpaired) electrons. The number of nitrogens with two attached hydrogens (primary N) is 1. The molecule has 0 aliphatic carbocycles. The van der Waals surface area contributed by atoms with Crippen LogP contribution >= 0.6 is 0 Å². The average molecular weight is 475 g/mol. The van der Waals surface area contributed by atoms with E-state index in [9.17, 15) is 4.79 Å². The number of nitrogens with zero attached hydrogens (tertiary/aromatic N) is 4. The smallest absolute Gasteiger partial charge is 0.281 e. The second-order valence-electron chi connectivity index (χ2n) is 9.52. The number of nitrogens with one attached hydrogen (secondary N) is 1. The molecule has 4 rings (SSSR count). The maximum absolute atomic E-state index is 13.7. The van der Waals surface area contributed by atoms with Crippen molar-refractivity contribution in [3.8, 4) is 11.1 Å². The number of aromatic amines is 1. The summed E-state index contributed by atoms with van der Waals surface area (Å²) < 4.78 is 5.94. The SMILES string of the molecule is Cc1c(N)cncc1-c1ccc2[nH]nc(C(=O)N(COCC[Si](C)(C)C)c3ccncc3)c2c1. The number of hydrogen-bond acceptors (Lipinski definition) is 6. The first kappa shape index (κ1) is 23.6. The zero-order valence-corrected chi connectivity index (χ0v) is 21.0. The molecule has 0 aliphatic heterocycles. The Labute approximate surface area is 200 Å². The Balaban J connectivity index is 1.67. The van der Waals surface area contributed by atoms with Crippen molar-refractivity contribution in [1.29, 1.82) is 0 Å². The molecular formula is C25H30N6O2Si. The van der Waals surface area contributed by atoms with Crippen LogP contribution in [-0.4, -0.2) is 47.5 Å². The molecule has 0 bridgehead atoms. The van der Waals surface area contributed by atoms with Gasteiger partial charge in [-0.3, -0.25) is 24.8 Å². The molecule has 0 saturated carbocycles. The molecule has 0 unspecified atom stereocenters. The number of anilines is 2. The zero-order valence-electron chi connectivity index (χ0n) is 20.0. The molecule has 0 aliphatic rings. The lowest BCUT2D eigenvalue weighted by atomic mass is 10.00. The number of rotatable bonds is 8. The van der Waals surface area contributed by atoms with E-state index >= 15 is 0 Å². The van der Waals surface area contributed by atoms with Crippen LogP contribution in [0.4, 0.5) is 11.4 Å². The van der Waals surface area contributed by atoms with Crippen molar-refractivity contribution in [2.24, 2.45) is 0 Å². The predicted octanol–water partition coefficient (Wildman–Crippen LogP) is 4.87. The van der Waals surface area contributed by atoms with E-state index in [2.05, 4.69) is 39.8 Å². The van der Waals surface area contributed by atoms with Gasteiger partial charge in [-0.1, -0.05) is 25.7 Å². The Morgan fingerprint density at radius 2 is 1.88 bits per heavy atom. The summed E-state index contributed by atoms with van der Waals surface area (Å²) in [7, 11) is -1.24. The summed E-state index contributed by atoms with van der Waals surface area (Å²) in [5.74, 6) is -0.245. The number of benzene rings is 1. The predicted molar refractivity (Wildman–Crippen MR) is 138 cm³/mol. The number of carbonyl (C=O) groups excluding carboxylic acids is 1. The van der Waals surface area contributed by atoms with Gasteiger partial charge in [-0.2, -0.15) is 5.10 Å². The maximum atomic E-state index is 13.7. The summed E-state index contributed by atoms with van der Waals surface area (Å²) in [5, 5.41) is 8.07. The van der Waals surface area contributed by atoms with Crippen LogP contribution in [0.5, 0.6) is 0 Å². The molecule has 0 fully saturated rings. The van der Waals surface area contributed by atoms with Crippen molar-refractivity contribution >= 4 is 36.3 Å². The normalized spacial score (nSPS) is 11.6. The third-order valence-electron chi connectivity index (χ3n) is 5.77. The Hall–Kier alpha value is -3.56. The summed E-state index contributed by atoms with van der Waals surface area (Å²) in [5.41, 5.74) is 11.3. The summed E-state index contributed by atoms with van der Waals surface area (Å²) in [4.78, 5) is 23.6. The highest BCUT2D eigenvalue weighted by Crippen LogP contribution is 2.30. The first-order chi connectivity index (χ1) is 16.2. The average Bonchev–Trinajstić information content (AvgIpc) is 3.24. The van der Waals surface area contributed by atoms with E-state index in [1.807, 2.05) is 25.1 Å². The largest absolute Gasteiger partial charge is 0.397 e. The Morgan fingerprint density at radius 1 is 1.12 bits per heavy atom. The van der Waals surface area contributed by atoms with E-state index in [1.54, 1.807) is 41.8 Å². The molecule has 34 heavy (non-hydrogen) atoms. The fourth-order valence-electron chi connectivity index (χ4n) is 3.61. The van der Waals surface area contributed by atoms with Crippen LogP contribution in [0.1, 0.15) is 16.1 Å². The van der Waals surface area contributed by atoms with Crippen LogP contribution in [0.3, 0.4) is 0 Å².